The fraction of sp³-hybridized carbons (Fsp3) is 0.231. The van der Waals surface area contributed by atoms with Gasteiger partial charge in [-0.15, -0.1) is 0 Å². The molecule has 0 unspecified atom stereocenters. The largest absolute Gasteiger partial charge is 0.477 e. The number of fused-ring (bicyclic) bond motifs is 1. The van der Waals surface area contributed by atoms with Gasteiger partial charge in [0.1, 0.15) is 5.56 Å². The molecule has 20 heavy (non-hydrogen) atoms. The summed E-state index contributed by atoms with van der Waals surface area (Å²) >= 11 is 1.66. The van der Waals surface area contributed by atoms with Gasteiger partial charge in [-0.2, -0.15) is 11.8 Å². The quantitative estimate of drug-likeness (QED) is 0.923. The molecule has 0 amide bonds. The zero-order chi connectivity index (χ0) is 14.4. The molecule has 0 spiro atoms. The van der Waals surface area contributed by atoms with Gasteiger partial charge in [0, 0.05) is 29.2 Å². The molecular weight excluding hydrogens is 288 g/mol. The van der Waals surface area contributed by atoms with Crippen LogP contribution < -0.4 is 5.43 Å². The van der Waals surface area contributed by atoms with Crippen molar-refractivity contribution in [3.63, 3.8) is 0 Å². The lowest BCUT2D eigenvalue weighted by atomic mass is 10.1. The molecule has 2 aromatic rings. The first-order valence-electron chi connectivity index (χ1n) is 5.84. The standard InChI is InChI=1S/C13H9F2NO3S/c14-9-1-7-11(2-10(9)15)16(6-4-20-5-6)3-8(12(7)17)13(18)19/h1-3,6H,4-5H2,(H,18,19). The predicted octanol–water partition coefficient (Wildman–Crippen LogP) is 2.27. The second-order valence-corrected chi connectivity index (χ2v) is 5.63. The topological polar surface area (TPSA) is 59.3 Å². The lowest BCUT2D eigenvalue weighted by Crippen LogP contribution is -2.27. The lowest BCUT2D eigenvalue weighted by Gasteiger charge is -2.29. The van der Waals surface area contributed by atoms with Crippen LogP contribution in [-0.2, 0) is 0 Å². The zero-order valence-electron chi connectivity index (χ0n) is 10.1. The molecule has 0 aliphatic carbocycles. The normalized spacial score (nSPS) is 15.3. The number of hydrogen-bond acceptors (Lipinski definition) is 3. The van der Waals surface area contributed by atoms with Gasteiger partial charge in [-0.3, -0.25) is 4.79 Å². The first-order chi connectivity index (χ1) is 9.49. The third-order valence-electron chi connectivity index (χ3n) is 3.32. The van der Waals surface area contributed by atoms with Crippen LogP contribution in [0.1, 0.15) is 16.4 Å². The first kappa shape index (κ1) is 13.1. The smallest absolute Gasteiger partial charge is 0.341 e. The van der Waals surface area contributed by atoms with Gasteiger partial charge >= 0.3 is 5.97 Å². The van der Waals surface area contributed by atoms with E-state index < -0.39 is 28.6 Å². The third kappa shape index (κ3) is 1.89. The molecule has 1 saturated heterocycles. The van der Waals surface area contributed by atoms with Crippen LogP contribution in [0.3, 0.4) is 0 Å². The predicted molar refractivity (Wildman–Crippen MR) is 71.4 cm³/mol. The maximum Gasteiger partial charge on any atom is 0.341 e. The Morgan fingerprint density at radius 3 is 2.50 bits per heavy atom. The minimum atomic E-state index is -1.37. The van der Waals surface area contributed by atoms with Crippen molar-refractivity contribution in [2.75, 3.05) is 11.5 Å². The molecule has 0 radical (unpaired) electrons. The summed E-state index contributed by atoms with van der Waals surface area (Å²) in [5.74, 6) is -2.10. The Morgan fingerprint density at radius 2 is 1.95 bits per heavy atom. The molecule has 0 bridgehead atoms. The van der Waals surface area contributed by atoms with Crippen molar-refractivity contribution in [1.29, 1.82) is 0 Å². The molecule has 0 saturated carbocycles. The van der Waals surface area contributed by atoms with E-state index in [9.17, 15) is 18.4 Å². The molecule has 1 aromatic heterocycles. The van der Waals surface area contributed by atoms with Crippen LogP contribution >= 0.6 is 11.8 Å². The van der Waals surface area contributed by atoms with Gasteiger partial charge in [-0.1, -0.05) is 0 Å². The molecule has 1 fully saturated rings. The van der Waals surface area contributed by atoms with Crippen LogP contribution in [0, 0.1) is 11.6 Å². The maximum absolute atomic E-state index is 13.4. The monoisotopic (exact) mass is 297 g/mol. The van der Waals surface area contributed by atoms with Crippen molar-refractivity contribution in [2.45, 2.75) is 6.04 Å². The Bertz CT molecular complexity index is 783. The fourth-order valence-electron chi connectivity index (χ4n) is 2.18. The summed E-state index contributed by atoms with van der Waals surface area (Å²) in [6.45, 7) is 0. The van der Waals surface area contributed by atoms with Gasteiger partial charge < -0.3 is 9.67 Å². The highest BCUT2D eigenvalue weighted by Crippen LogP contribution is 2.32. The number of nitrogens with zero attached hydrogens (tertiary/aromatic N) is 1. The number of aromatic nitrogens is 1. The van der Waals surface area contributed by atoms with Crippen LogP contribution in [0.15, 0.2) is 23.1 Å². The van der Waals surface area contributed by atoms with E-state index in [4.69, 9.17) is 5.11 Å². The van der Waals surface area contributed by atoms with E-state index in [0.717, 1.165) is 23.6 Å². The van der Waals surface area contributed by atoms with Crippen molar-refractivity contribution in [1.82, 2.24) is 4.57 Å². The van der Waals surface area contributed by atoms with E-state index in [1.165, 1.54) is 6.20 Å². The Balaban J connectivity index is 2.41. The molecule has 1 N–H and O–H groups in total. The zero-order valence-corrected chi connectivity index (χ0v) is 10.9. The second-order valence-electron chi connectivity index (χ2n) is 4.56. The highest BCUT2D eigenvalue weighted by Gasteiger charge is 2.24. The summed E-state index contributed by atoms with van der Waals surface area (Å²) in [7, 11) is 0. The number of carboxylic acid groups (broad SMARTS) is 1. The molecule has 1 aliphatic heterocycles. The van der Waals surface area contributed by atoms with Gasteiger partial charge in [0.15, 0.2) is 11.6 Å². The fourth-order valence-corrected chi connectivity index (χ4v) is 2.95. The number of benzene rings is 1. The van der Waals surface area contributed by atoms with Crippen LogP contribution in [-0.4, -0.2) is 27.1 Å². The molecule has 4 nitrogen and oxygen atoms in total. The van der Waals surface area contributed by atoms with Gasteiger partial charge in [0.2, 0.25) is 5.43 Å². The van der Waals surface area contributed by atoms with Crippen LogP contribution in [0.25, 0.3) is 10.9 Å². The van der Waals surface area contributed by atoms with Gasteiger partial charge in [0.25, 0.3) is 0 Å². The van der Waals surface area contributed by atoms with Crippen molar-refractivity contribution < 1.29 is 18.7 Å². The average Bonchev–Trinajstić information content (AvgIpc) is 2.32. The highest BCUT2D eigenvalue weighted by atomic mass is 32.2. The molecule has 1 aromatic carbocycles. The summed E-state index contributed by atoms with van der Waals surface area (Å²) in [5, 5.41) is 8.95. The van der Waals surface area contributed by atoms with E-state index in [0.29, 0.717) is 0 Å². The summed E-state index contributed by atoms with van der Waals surface area (Å²) < 4.78 is 28.3. The van der Waals surface area contributed by atoms with Crippen molar-refractivity contribution >= 4 is 28.6 Å². The Labute approximate surface area is 116 Å². The van der Waals surface area contributed by atoms with E-state index in [1.807, 2.05) is 0 Å². The third-order valence-corrected chi connectivity index (χ3v) is 4.56. The number of hydrogen-bond donors (Lipinski definition) is 1. The molecule has 2 heterocycles. The number of pyridine rings is 1. The van der Waals surface area contributed by atoms with Crippen molar-refractivity contribution in [3.05, 3.63) is 45.8 Å². The SMILES string of the molecule is O=C(O)c1cn(C2CSC2)c2cc(F)c(F)cc2c1=O. The summed E-state index contributed by atoms with van der Waals surface area (Å²) in [4.78, 5) is 23.1. The Hall–Kier alpha value is -1.89. The minimum Gasteiger partial charge on any atom is -0.477 e. The summed E-state index contributed by atoms with van der Waals surface area (Å²) in [5.41, 5.74) is -1.00. The number of aromatic carboxylic acids is 1. The lowest BCUT2D eigenvalue weighted by molar-refractivity contribution is 0.0694. The van der Waals surface area contributed by atoms with Crippen LogP contribution in [0.5, 0.6) is 0 Å². The van der Waals surface area contributed by atoms with Gasteiger partial charge in [-0.05, 0) is 6.07 Å². The molecule has 1 aliphatic rings. The minimum absolute atomic E-state index is 0.00828. The number of carbonyl (C=O) groups is 1. The maximum atomic E-state index is 13.4. The number of halogens is 2. The number of thioether (sulfide) groups is 1. The van der Waals surface area contributed by atoms with Gasteiger partial charge in [-0.25, -0.2) is 13.6 Å². The van der Waals surface area contributed by atoms with E-state index in [2.05, 4.69) is 0 Å². The van der Waals surface area contributed by atoms with E-state index in [1.54, 1.807) is 16.3 Å². The van der Waals surface area contributed by atoms with E-state index >= 15 is 0 Å². The van der Waals surface area contributed by atoms with Crippen LogP contribution in [0.4, 0.5) is 8.78 Å². The molecule has 0 atom stereocenters. The number of rotatable bonds is 2. The molecular formula is C13H9F2NO3S. The average molecular weight is 297 g/mol. The molecule has 104 valence electrons. The number of carboxylic acids is 1. The Kier molecular flexibility index (Phi) is 3.01. The Morgan fingerprint density at radius 1 is 1.30 bits per heavy atom. The van der Waals surface area contributed by atoms with Crippen molar-refractivity contribution in [3.8, 4) is 0 Å². The summed E-state index contributed by atoms with van der Waals surface area (Å²) in [6.07, 6.45) is 1.22. The first-order valence-corrected chi connectivity index (χ1v) is 6.99. The van der Waals surface area contributed by atoms with E-state index in [-0.39, 0.29) is 16.9 Å². The van der Waals surface area contributed by atoms with Gasteiger partial charge in [0.05, 0.1) is 11.6 Å². The van der Waals surface area contributed by atoms with Crippen LogP contribution in [0.2, 0.25) is 0 Å². The van der Waals surface area contributed by atoms with Crippen molar-refractivity contribution in [2.24, 2.45) is 0 Å². The second kappa shape index (κ2) is 4.59. The summed E-state index contributed by atoms with van der Waals surface area (Å²) in [6, 6.07) is 1.70. The highest BCUT2D eigenvalue weighted by molar-refractivity contribution is 8.00. The molecule has 7 heteroatoms. The molecule has 3 rings (SSSR count).